The third-order valence-electron chi connectivity index (χ3n) is 3.43. The van der Waals surface area contributed by atoms with E-state index < -0.39 is 0 Å². The maximum absolute atomic E-state index is 11.4. The number of hydrogen-bond donors (Lipinski definition) is 0. The average molecular weight is 264 g/mol. The zero-order valence-corrected chi connectivity index (χ0v) is 10.8. The van der Waals surface area contributed by atoms with Gasteiger partial charge in [-0.3, -0.25) is 0 Å². The van der Waals surface area contributed by atoms with Gasteiger partial charge in [0.2, 0.25) is 6.79 Å². The fraction of sp³-hybridized carbons (Fsp3) is 0.462. The first kappa shape index (κ1) is 12.0. The molecule has 0 unspecified atom stereocenters. The molecule has 0 spiro atoms. The molecule has 1 fully saturated rings. The van der Waals surface area contributed by atoms with Crippen molar-refractivity contribution in [2.24, 2.45) is 0 Å². The summed E-state index contributed by atoms with van der Waals surface area (Å²) in [6, 6.07) is 5.92. The van der Waals surface area contributed by atoms with Gasteiger partial charge in [0.25, 0.3) is 0 Å². The number of piperazine rings is 1. The number of fused-ring (bicyclic) bond motifs is 1. The Morgan fingerprint density at radius 1 is 1.16 bits per heavy atom. The summed E-state index contributed by atoms with van der Waals surface area (Å²) >= 11 is 0. The molecule has 0 bridgehead atoms. The highest BCUT2D eigenvalue weighted by Gasteiger charge is 2.23. The van der Waals surface area contributed by atoms with Crippen LogP contribution in [0.3, 0.4) is 0 Å². The molecule has 2 heterocycles. The molecule has 2 aliphatic heterocycles. The number of carbonyl (C=O) groups is 1. The van der Waals surface area contributed by atoms with E-state index in [0.717, 1.165) is 30.3 Å². The van der Waals surface area contributed by atoms with Crippen LogP contribution in [-0.2, 0) is 4.74 Å². The largest absolute Gasteiger partial charge is 0.454 e. The Kier molecular flexibility index (Phi) is 3.06. The van der Waals surface area contributed by atoms with Crippen LogP contribution >= 0.6 is 0 Å². The van der Waals surface area contributed by atoms with Crippen molar-refractivity contribution in [3.8, 4) is 11.5 Å². The fourth-order valence-electron chi connectivity index (χ4n) is 2.36. The average Bonchev–Trinajstić information content (AvgIpc) is 2.94. The van der Waals surface area contributed by atoms with Crippen molar-refractivity contribution in [2.45, 2.75) is 0 Å². The van der Waals surface area contributed by atoms with E-state index in [2.05, 4.69) is 4.90 Å². The molecule has 3 rings (SSSR count). The SMILES string of the molecule is COC(=O)N1CCN(c2ccc3c(c2)OCO3)CC1. The summed E-state index contributed by atoms with van der Waals surface area (Å²) in [6.45, 7) is 3.20. The van der Waals surface area contributed by atoms with Crippen LogP contribution in [0.15, 0.2) is 18.2 Å². The molecule has 102 valence electrons. The van der Waals surface area contributed by atoms with Gasteiger partial charge in [0.1, 0.15) is 0 Å². The summed E-state index contributed by atoms with van der Waals surface area (Å²) < 4.78 is 15.4. The zero-order valence-electron chi connectivity index (χ0n) is 10.8. The number of methoxy groups -OCH3 is 1. The molecule has 0 aliphatic carbocycles. The molecule has 1 saturated heterocycles. The molecule has 0 N–H and O–H groups in total. The van der Waals surface area contributed by atoms with Crippen molar-refractivity contribution in [3.05, 3.63) is 18.2 Å². The van der Waals surface area contributed by atoms with Gasteiger partial charge in [0, 0.05) is 37.9 Å². The highest BCUT2D eigenvalue weighted by atomic mass is 16.7. The Balaban J connectivity index is 1.67. The Bertz CT molecular complexity index is 484. The minimum atomic E-state index is -0.259. The van der Waals surface area contributed by atoms with E-state index >= 15 is 0 Å². The molecule has 0 aromatic heterocycles. The number of benzene rings is 1. The van der Waals surface area contributed by atoms with Gasteiger partial charge in [-0.2, -0.15) is 0 Å². The monoisotopic (exact) mass is 264 g/mol. The molecule has 1 aromatic carbocycles. The van der Waals surface area contributed by atoms with E-state index in [-0.39, 0.29) is 12.9 Å². The second-order valence-electron chi connectivity index (χ2n) is 4.48. The maximum Gasteiger partial charge on any atom is 0.409 e. The van der Waals surface area contributed by atoms with E-state index in [1.54, 1.807) is 4.90 Å². The van der Waals surface area contributed by atoms with Gasteiger partial charge in [-0.25, -0.2) is 4.79 Å². The van der Waals surface area contributed by atoms with E-state index in [4.69, 9.17) is 14.2 Å². The first-order valence-corrected chi connectivity index (χ1v) is 6.25. The van der Waals surface area contributed by atoms with Crippen LogP contribution in [0, 0.1) is 0 Å². The van der Waals surface area contributed by atoms with Crippen LogP contribution in [0.2, 0.25) is 0 Å². The quantitative estimate of drug-likeness (QED) is 0.765. The second kappa shape index (κ2) is 4.87. The van der Waals surface area contributed by atoms with Crippen LogP contribution in [0.4, 0.5) is 10.5 Å². The van der Waals surface area contributed by atoms with Crippen LogP contribution in [0.1, 0.15) is 0 Å². The number of nitrogens with zero attached hydrogens (tertiary/aromatic N) is 2. The molecule has 1 amide bonds. The Morgan fingerprint density at radius 3 is 2.63 bits per heavy atom. The lowest BCUT2D eigenvalue weighted by molar-refractivity contribution is 0.121. The van der Waals surface area contributed by atoms with E-state index in [1.165, 1.54) is 7.11 Å². The molecule has 0 atom stereocenters. The first-order chi connectivity index (χ1) is 9.28. The molecular formula is C13H16N2O4. The summed E-state index contributed by atoms with van der Waals surface area (Å²) in [4.78, 5) is 15.3. The summed E-state index contributed by atoms with van der Waals surface area (Å²) in [5.41, 5.74) is 1.09. The fourth-order valence-corrected chi connectivity index (χ4v) is 2.36. The minimum absolute atomic E-state index is 0.259. The Hall–Kier alpha value is -2.11. The van der Waals surface area contributed by atoms with Crippen molar-refractivity contribution < 1.29 is 19.0 Å². The van der Waals surface area contributed by atoms with Crippen LogP contribution in [0.5, 0.6) is 11.5 Å². The van der Waals surface area contributed by atoms with Crippen molar-refractivity contribution >= 4 is 11.8 Å². The Labute approximate surface area is 111 Å². The molecule has 19 heavy (non-hydrogen) atoms. The van der Waals surface area contributed by atoms with Crippen molar-refractivity contribution in [3.63, 3.8) is 0 Å². The smallest absolute Gasteiger partial charge is 0.409 e. The highest BCUT2D eigenvalue weighted by Crippen LogP contribution is 2.35. The van der Waals surface area contributed by atoms with E-state index in [0.29, 0.717) is 13.1 Å². The summed E-state index contributed by atoms with van der Waals surface area (Å²) in [7, 11) is 1.41. The lowest BCUT2D eigenvalue weighted by atomic mass is 10.2. The first-order valence-electron chi connectivity index (χ1n) is 6.25. The number of anilines is 1. The summed E-state index contributed by atoms with van der Waals surface area (Å²) in [5.74, 6) is 1.57. The lowest BCUT2D eigenvalue weighted by Gasteiger charge is -2.35. The molecule has 6 nitrogen and oxygen atoms in total. The van der Waals surface area contributed by atoms with Crippen LogP contribution in [0.25, 0.3) is 0 Å². The van der Waals surface area contributed by atoms with Gasteiger partial charge in [-0.05, 0) is 12.1 Å². The summed E-state index contributed by atoms with van der Waals surface area (Å²) in [5, 5.41) is 0. The predicted octanol–water partition coefficient (Wildman–Crippen LogP) is 1.30. The minimum Gasteiger partial charge on any atom is -0.454 e. The van der Waals surface area contributed by atoms with Gasteiger partial charge in [-0.15, -0.1) is 0 Å². The van der Waals surface area contributed by atoms with Crippen molar-refractivity contribution in [1.29, 1.82) is 0 Å². The van der Waals surface area contributed by atoms with Gasteiger partial charge in [0.15, 0.2) is 11.5 Å². The van der Waals surface area contributed by atoms with Gasteiger partial charge < -0.3 is 24.0 Å². The topological polar surface area (TPSA) is 51.2 Å². The van der Waals surface area contributed by atoms with Crippen LogP contribution < -0.4 is 14.4 Å². The number of rotatable bonds is 1. The van der Waals surface area contributed by atoms with Gasteiger partial charge in [0.05, 0.1) is 7.11 Å². The molecule has 2 aliphatic rings. The Morgan fingerprint density at radius 2 is 1.89 bits per heavy atom. The highest BCUT2D eigenvalue weighted by molar-refractivity contribution is 5.68. The molecule has 1 aromatic rings. The number of carbonyl (C=O) groups excluding carboxylic acids is 1. The third kappa shape index (κ3) is 2.25. The van der Waals surface area contributed by atoms with E-state index in [1.807, 2.05) is 18.2 Å². The summed E-state index contributed by atoms with van der Waals surface area (Å²) in [6.07, 6.45) is -0.259. The molecule has 0 radical (unpaired) electrons. The molecule has 0 saturated carbocycles. The normalized spacial score (nSPS) is 17.5. The third-order valence-corrected chi connectivity index (χ3v) is 3.43. The maximum atomic E-state index is 11.4. The standard InChI is InChI=1S/C13H16N2O4/c1-17-13(16)15-6-4-14(5-7-15)10-2-3-11-12(8-10)19-9-18-11/h2-3,8H,4-7,9H2,1H3. The van der Waals surface area contributed by atoms with Crippen molar-refractivity contribution in [1.82, 2.24) is 4.90 Å². The lowest BCUT2D eigenvalue weighted by Crippen LogP contribution is -2.48. The number of ether oxygens (including phenoxy) is 3. The molecule has 6 heteroatoms. The van der Waals surface area contributed by atoms with Crippen LogP contribution in [-0.4, -0.2) is 51.1 Å². The number of amides is 1. The van der Waals surface area contributed by atoms with Crippen molar-refractivity contribution in [2.75, 3.05) is 45.0 Å². The molecular weight excluding hydrogens is 248 g/mol. The van der Waals surface area contributed by atoms with Gasteiger partial charge in [-0.1, -0.05) is 0 Å². The predicted molar refractivity (Wildman–Crippen MR) is 68.8 cm³/mol. The van der Waals surface area contributed by atoms with Gasteiger partial charge >= 0.3 is 6.09 Å². The zero-order chi connectivity index (χ0) is 13.2. The number of hydrogen-bond acceptors (Lipinski definition) is 5. The second-order valence-corrected chi connectivity index (χ2v) is 4.48. The van der Waals surface area contributed by atoms with E-state index in [9.17, 15) is 4.79 Å².